The first-order valence-electron chi connectivity index (χ1n) is 9.99. The lowest BCUT2D eigenvalue weighted by Crippen LogP contribution is -2.59. The van der Waals surface area contributed by atoms with Gasteiger partial charge in [0, 0.05) is 39.5 Å². The van der Waals surface area contributed by atoms with E-state index >= 15 is 0 Å². The molecule has 1 saturated carbocycles. The van der Waals surface area contributed by atoms with Crippen LogP contribution in [0.1, 0.15) is 58.8 Å². The van der Waals surface area contributed by atoms with Crippen LogP contribution in [0.15, 0.2) is 0 Å². The summed E-state index contributed by atoms with van der Waals surface area (Å²) in [5.41, 5.74) is -0.577. The first-order chi connectivity index (χ1) is 12.5. The number of hydrogen-bond donors (Lipinski definition) is 0. The molecule has 26 heavy (non-hydrogen) atoms. The van der Waals surface area contributed by atoms with Gasteiger partial charge in [-0.05, 0) is 32.1 Å². The van der Waals surface area contributed by atoms with Crippen LogP contribution in [-0.4, -0.2) is 77.0 Å². The molecule has 2 saturated heterocycles. The van der Waals surface area contributed by atoms with Crippen LogP contribution < -0.4 is 0 Å². The van der Waals surface area contributed by atoms with Crippen molar-refractivity contribution in [1.29, 1.82) is 0 Å². The van der Waals surface area contributed by atoms with Crippen molar-refractivity contribution in [1.82, 2.24) is 14.7 Å². The highest BCUT2D eigenvalue weighted by molar-refractivity contribution is 5.89. The maximum Gasteiger partial charge on any atom is 0.248 e. The Hall–Kier alpha value is -1.63. The molecule has 3 fully saturated rings. The summed E-state index contributed by atoms with van der Waals surface area (Å²) in [5, 5.41) is 0. The lowest BCUT2D eigenvalue weighted by molar-refractivity contribution is -0.162. The standard InChI is InChI=1S/C19H31N3O4/c1-3-7-17(24)22-16(14-26-19(22)8-5-4-6-9-19)18(25)21-12-10-20(11-13-21)15(2)23/h16H,3-14H2,1-2H3. The average Bonchev–Trinajstić information content (AvgIpc) is 3.00. The Kier molecular flexibility index (Phi) is 5.85. The van der Waals surface area contributed by atoms with Crippen LogP contribution in [0.5, 0.6) is 0 Å². The first kappa shape index (κ1) is 19.1. The molecule has 7 nitrogen and oxygen atoms in total. The molecule has 7 heteroatoms. The smallest absolute Gasteiger partial charge is 0.248 e. The van der Waals surface area contributed by atoms with Crippen LogP contribution in [0.25, 0.3) is 0 Å². The Bertz CT molecular complexity index is 551. The molecule has 146 valence electrons. The van der Waals surface area contributed by atoms with Gasteiger partial charge in [0.1, 0.15) is 11.8 Å². The van der Waals surface area contributed by atoms with Crippen molar-refractivity contribution in [2.45, 2.75) is 70.6 Å². The Morgan fingerprint density at radius 1 is 1.00 bits per heavy atom. The third-order valence-electron chi connectivity index (χ3n) is 5.95. The zero-order valence-corrected chi connectivity index (χ0v) is 16.0. The van der Waals surface area contributed by atoms with Crippen molar-refractivity contribution < 1.29 is 19.1 Å². The van der Waals surface area contributed by atoms with E-state index in [9.17, 15) is 14.4 Å². The van der Waals surface area contributed by atoms with Gasteiger partial charge < -0.3 is 14.5 Å². The third-order valence-corrected chi connectivity index (χ3v) is 5.95. The van der Waals surface area contributed by atoms with Gasteiger partial charge in [0.25, 0.3) is 0 Å². The molecular weight excluding hydrogens is 334 g/mol. The molecule has 0 aromatic carbocycles. The average molecular weight is 365 g/mol. The summed E-state index contributed by atoms with van der Waals surface area (Å²) in [6.07, 6.45) is 6.10. The lowest BCUT2D eigenvalue weighted by atomic mass is 9.89. The van der Waals surface area contributed by atoms with Crippen LogP contribution in [0, 0.1) is 0 Å². The second-order valence-corrected chi connectivity index (χ2v) is 7.68. The fourth-order valence-electron chi connectivity index (χ4n) is 4.52. The highest BCUT2D eigenvalue weighted by atomic mass is 16.5. The quantitative estimate of drug-likeness (QED) is 0.757. The molecule has 3 amide bonds. The van der Waals surface area contributed by atoms with Gasteiger partial charge in [0.2, 0.25) is 17.7 Å². The largest absolute Gasteiger partial charge is 0.353 e. The van der Waals surface area contributed by atoms with Gasteiger partial charge in [-0.3, -0.25) is 19.3 Å². The molecule has 1 spiro atoms. The van der Waals surface area contributed by atoms with Crippen molar-refractivity contribution in [3.63, 3.8) is 0 Å². The van der Waals surface area contributed by atoms with E-state index in [1.807, 2.05) is 6.92 Å². The summed E-state index contributed by atoms with van der Waals surface area (Å²) in [6.45, 7) is 6.00. The Morgan fingerprint density at radius 3 is 2.19 bits per heavy atom. The molecule has 2 heterocycles. The van der Waals surface area contributed by atoms with Gasteiger partial charge in [-0.25, -0.2) is 0 Å². The van der Waals surface area contributed by atoms with Crippen molar-refractivity contribution in [3.05, 3.63) is 0 Å². The van der Waals surface area contributed by atoms with E-state index in [0.29, 0.717) is 39.2 Å². The topological polar surface area (TPSA) is 70.2 Å². The minimum Gasteiger partial charge on any atom is -0.353 e. The first-order valence-corrected chi connectivity index (χ1v) is 9.99. The summed E-state index contributed by atoms with van der Waals surface area (Å²) >= 11 is 0. The minimum atomic E-state index is -0.577. The number of hydrogen-bond acceptors (Lipinski definition) is 4. The number of amides is 3. The highest BCUT2D eigenvalue weighted by Gasteiger charge is 2.53. The summed E-state index contributed by atoms with van der Waals surface area (Å²) < 4.78 is 6.14. The number of carbonyl (C=O) groups excluding carboxylic acids is 3. The van der Waals surface area contributed by atoms with E-state index in [0.717, 1.165) is 38.5 Å². The molecule has 1 aliphatic carbocycles. The van der Waals surface area contributed by atoms with Crippen LogP contribution >= 0.6 is 0 Å². The van der Waals surface area contributed by atoms with E-state index in [1.165, 1.54) is 0 Å². The van der Waals surface area contributed by atoms with Crippen LogP contribution in [0.2, 0.25) is 0 Å². The summed E-state index contributed by atoms with van der Waals surface area (Å²) in [6, 6.07) is -0.518. The molecule has 0 N–H and O–H groups in total. The molecule has 3 aliphatic rings. The molecule has 0 radical (unpaired) electrons. The number of ether oxygens (including phenoxy) is 1. The zero-order valence-electron chi connectivity index (χ0n) is 16.0. The van der Waals surface area contributed by atoms with E-state index in [-0.39, 0.29) is 17.7 Å². The van der Waals surface area contributed by atoms with Gasteiger partial charge in [0.15, 0.2) is 0 Å². The lowest BCUT2D eigenvalue weighted by Gasteiger charge is -2.43. The summed E-state index contributed by atoms with van der Waals surface area (Å²) in [5.74, 6) is 0.0509. The van der Waals surface area contributed by atoms with Gasteiger partial charge in [-0.2, -0.15) is 0 Å². The summed E-state index contributed by atoms with van der Waals surface area (Å²) in [4.78, 5) is 42.9. The molecule has 2 aliphatic heterocycles. The fraction of sp³-hybridized carbons (Fsp3) is 0.842. The molecule has 3 rings (SSSR count). The van der Waals surface area contributed by atoms with Crippen molar-refractivity contribution in [2.75, 3.05) is 32.8 Å². The second kappa shape index (κ2) is 7.94. The van der Waals surface area contributed by atoms with Gasteiger partial charge in [-0.1, -0.05) is 13.3 Å². The SMILES string of the molecule is CCCC(=O)N1C(C(=O)N2CCN(C(C)=O)CC2)COC12CCCCC2. The van der Waals surface area contributed by atoms with E-state index in [1.54, 1.807) is 21.6 Å². The second-order valence-electron chi connectivity index (χ2n) is 7.68. The molecule has 0 bridgehead atoms. The molecule has 0 aromatic rings. The third kappa shape index (κ3) is 3.59. The normalized spacial score (nSPS) is 25.6. The predicted molar refractivity (Wildman–Crippen MR) is 96.1 cm³/mol. The number of piperazine rings is 1. The highest BCUT2D eigenvalue weighted by Crippen LogP contribution is 2.41. The number of nitrogens with zero attached hydrogens (tertiary/aromatic N) is 3. The Morgan fingerprint density at radius 2 is 1.62 bits per heavy atom. The fourth-order valence-corrected chi connectivity index (χ4v) is 4.52. The minimum absolute atomic E-state index is 0.0277. The van der Waals surface area contributed by atoms with Crippen LogP contribution in [0.4, 0.5) is 0 Å². The van der Waals surface area contributed by atoms with E-state index in [2.05, 4.69) is 0 Å². The molecule has 1 atom stereocenters. The Balaban J connectivity index is 1.74. The number of carbonyl (C=O) groups is 3. The maximum atomic E-state index is 13.2. The number of rotatable bonds is 3. The van der Waals surface area contributed by atoms with E-state index < -0.39 is 11.8 Å². The predicted octanol–water partition coefficient (Wildman–Crippen LogP) is 1.37. The van der Waals surface area contributed by atoms with Gasteiger partial charge in [0.05, 0.1) is 6.61 Å². The van der Waals surface area contributed by atoms with Gasteiger partial charge in [-0.15, -0.1) is 0 Å². The van der Waals surface area contributed by atoms with Crippen molar-refractivity contribution in [3.8, 4) is 0 Å². The van der Waals surface area contributed by atoms with Crippen LogP contribution in [0.3, 0.4) is 0 Å². The van der Waals surface area contributed by atoms with E-state index in [4.69, 9.17) is 4.74 Å². The molecule has 0 aromatic heterocycles. The molecule has 1 unspecified atom stereocenters. The Labute approximate surface area is 155 Å². The maximum absolute atomic E-state index is 13.2. The van der Waals surface area contributed by atoms with Crippen molar-refractivity contribution >= 4 is 17.7 Å². The zero-order chi connectivity index (χ0) is 18.7. The van der Waals surface area contributed by atoms with Crippen LogP contribution in [-0.2, 0) is 19.1 Å². The van der Waals surface area contributed by atoms with Crippen molar-refractivity contribution in [2.24, 2.45) is 0 Å². The monoisotopic (exact) mass is 365 g/mol. The summed E-state index contributed by atoms with van der Waals surface area (Å²) in [7, 11) is 0. The molecular formula is C19H31N3O4. The van der Waals surface area contributed by atoms with Gasteiger partial charge >= 0.3 is 0 Å².